The molecular formula is C10H20FNO. The van der Waals surface area contributed by atoms with Gasteiger partial charge in [-0.1, -0.05) is 0 Å². The molecule has 1 aliphatic heterocycles. The van der Waals surface area contributed by atoms with Crippen LogP contribution in [0.4, 0.5) is 4.39 Å². The lowest BCUT2D eigenvalue weighted by molar-refractivity contribution is -0.0628. The second-order valence-corrected chi connectivity index (χ2v) is 4.29. The maximum atomic E-state index is 11.8. The van der Waals surface area contributed by atoms with Crippen molar-refractivity contribution in [3.8, 4) is 0 Å². The van der Waals surface area contributed by atoms with Gasteiger partial charge in [0.05, 0.1) is 12.3 Å². The minimum atomic E-state index is -0.223. The van der Waals surface area contributed by atoms with Crippen molar-refractivity contribution in [2.45, 2.75) is 44.8 Å². The summed E-state index contributed by atoms with van der Waals surface area (Å²) in [6.07, 6.45) is 2.70. The van der Waals surface area contributed by atoms with E-state index in [1.807, 2.05) is 0 Å². The highest BCUT2D eigenvalue weighted by molar-refractivity contribution is 4.82. The monoisotopic (exact) mass is 189 g/mol. The van der Waals surface area contributed by atoms with Crippen molar-refractivity contribution in [3.63, 3.8) is 0 Å². The van der Waals surface area contributed by atoms with Gasteiger partial charge < -0.3 is 10.1 Å². The molecule has 1 unspecified atom stereocenters. The largest absolute Gasteiger partial charge is 0.375 e. The van der Waals surface area contributed by atoms with E-state index in [4.69, 9.17) is 4.74 Å². The molecular weight excluding hydrogens is 169 g/mol. The summed E-state index contributed by atoms with van der Waals surface area (Å²) in [4.78, 5) is 0. The average molecular weight is 189 g/mol. The topological polar surface area (TPSA) is 21.3 Å². The molecule has 1 heterocycles. The number of rotatable bonds is 4. The van der Waals surface area contributed by atoms with Crippen LogP contribution >= 0.6 is 0 Å². The van der Waals surface area contributed by atoms with Gasteiger partial charge in [0.15, 0.2) is 0 Å². The van der Waals surface area contributed by atoms with E-state index in [1.165, 1.54) is 0 Å². The molecule has 1 N–H and O–H groups in total. The number of hydrogen-bond donors (Lipinski definition) is 1. The number of nitrogens with one attached hydrogen (secondary N) is 1. The minimum Gasteiger partial charge on any atom is -0.375 e. The van der Waals surface area contributed by atoms with E-state index in [-0.39, 0.29) is 12.3 Å². The van der Waals surface area contributed by atoms with Crippen LogP contribution in [-0.2, 0) is 4.74 Å². The van der Waals surface area contributed by atoms with Gasteiger partial charge in [-0.3, -0.25) is 4.39 Å². The highest BCUT2D eigenvalue weighted by Crippen LogP contribution is 2.23. The van der Waals surface area contributed by atoms with Crippen molar-refractivity contribution < 1.29 is 9.13 Å². The van der Waals surface area contributed by atoms with Crippen molar-refractivity contribution in [1.82, 2.24) is 5.32 Å². The van der Waals surface area contributed by atoms with E-state index in [0.29, 0.717) is 12.5 Å². The third-order valence-corrected chi connectivity index (χ3v) is 2.44. The first-order valence-electron chi connectivity index (χ1n) is 5.07. The molecule has 0 radical (unpaired) electrons. The Morgan fingerprint density at radius 2 is 2.31 bits per heavy atom. The average Bonchev–Trinajstić information content (AvgIpc) is 2.03. The zero-order valence-electron chi connectivity index (χ0n) is 8.61. The fourth-order valence-electron chi connectivity index (χ4n) is 1.78. The normalized spacial score (nSPS) is 27.5. The second kappa shape index (κ2) is 4.91. The zero-order valence-corrected chi connectivity index (χ0v) is 8.61. The van der Waals surface area contributed by atoms with Crippen LogP contribution in [0, 0.1) is 0 Å². The number of halogens is 1. The van der Waals surface area contributed by atoms with E-state index in [1.54, 1.807) is 0 Å². The number of ether oxygens (including phenoxy) is 1. The SMILES string of the molecule is CC1(C)CC(NCCCF)CCO1. The molecule has 1 rings (SSSR count). The lowest BCUT2D eigenvalue weighted by Gasteiger charge is -2.35. The Morgan fingerprint density at radius 1 is 1.54 bits per heavy atom. The molecule has 0 aromatic heterocycles. The first-order chi connectivity index (χ1) is 6.14. The Bertz CT molecular complexity index is 150. The van der Waals surface area contributed by atoms with Crippen LogP contribution in [0.3, 0.4) is 0 Å². The molecule has 1 fully saturated rings. The minimum absolute atomic E-state index is 0.00830. The Hall–Kier alpha value is -0.150. The highest BCUT2D eigenvalue weighted by Gasteiger charge is 2.28. The quantitative estimate of drug-likeness (QED) is 0.682. The molecule has 0 bridgehead atoms. The summed E-state index contributed by atoms with van der Waals surface area (Å²) in [6.45, 7) is 5.60. The summed E-state index contributed by atoms with van der Waals surface area (Å²) in [7, 11) is 0. The van der Waals surface area contributed by atoms with Gasteiger partial charge in [0.1, 0.15) is 0 Å². The molecule has 1 aliphatic rings. The third kappa shape index (κ3) is 4.05. The molecule has 3 heteroatoms. The first kappa shape index (κ1) is 10.9. The van der Waals surface area contributed by atoms with E-state index < -0.39 is 0 Å². The summed E-state index contributed by atoms with van der Waals surface area (Å²) in [5.74, 6) is 0. The van der Waals surface area contributed by atoms with Crippen LogP contribution in [0.25, 0.3) is 0 Å². The van der Waals surface area contributed by atoms with E-state index in [2.05, 4.69) is 19.2 Å². The summed E-state index contributed by atoms with van der Waals surface area (Å²) in [5.41, 5.74) is -0.00830. The van der Waals surface area contributed by atoms with Crippen LogP contribution in [0.2, 0.25) is 0 Å². The van der Waals surface area contributed by atoms with Gasteiger partial charge in [-0.05, 0) is 39.7 Å². The fourth-order valence-corrected chi connectivity index (χ4v) is 1.78. The summed E-state index contributed by atoms with van der Waals surface area (Å²) in [5, 5.41) is 3.36. The standard InChI is InChI=1S/C10H20FNO/c1-10(2)8-9(4-7-13-10)12-6-3-5-11/h9,12H,3-8H2,1-2H3. The lowest BCUT2D eigenvalue weighted by atomic mass is 9.94. The Balaban J connectivity index is 2.19. The van der Waals surface area contributed by atoms with E-state index in [0.717, 1.165) is 26.0 Å². The van der Waals surface area contributed by atoms with Crippen molar-refractivity contribution in [2.24, 2.45) is 0 Å². The molecule has 0 amide bonds. The van der Waals surface area contributed by atoms with Crippen LogP contribution in [-0.4, -0.2) is 31.5 Å². The lowest BCUT2D eigenvalue weighted by Crippen LogP contribution is -2.44. The molecule has 1 saturated heterocycles. The van der Waals surface area contributed by atoms with Gasteiger partial charge >= 0.3 is 0 Å². The summed E-state index contributed by atoms with van der Waals surface area (Å²) >= 11 is 0. The maximum Gasteiger partial charge on any atom is 0.0906 e. The van der Waals surface area contributed by atoms with Gasteiger partial charge in [0.25, 0.3) is 0 Å². The van der Waals surface area contributed by atoms with E-state index in [9.17, 15) is 4.39 Å². The Morgan fingerprint density at radius 3 is 2.92 bits per heavy atom. The van der Waals surface area contributed by atoms with Crippen molar-refractivity contribution in [2.75, 3.05) is 19.8 Å². The molecule has 78 valence electrons. The van der Waals surface area contributed by atoms with Crippen LogP contribution in [0.1, 0.15) is 33.1 Å². The zero-order chi connectivity index (χ0) is 9.73. The molecule has 0 aromatic carbocycles. The molecule has 13 heavy (non-hydrogen) atoms. The smallest absolute Gasteiger partial charge is 0.0906 e. The first-order valence-corrected chi connectivity index (χ1v) is 5.07. The molecule has 0 saturated carbocycles. The molecule has 1 atom stereocenters. The van der Waals surface area contributed by atoms with Crippen LogP contribution in [0.5, 0.6) is 0 Å². The van der Waals surface area contributed by atoms with Crippen molar-refractivity contribution in [3.05, 3.63) is 0 Å². The predicted molar refractivity (Wildman–Crippen MR) is 51.6 cm³/mol. The van der Waals surface area contributed by atoms with Gasteiger partial charge in [0, 0.05) is 12.6 Å². The summed E-state index contributed by atoms with van der Waals surface area (Å²) < 4.78 is 17.4. The van der Waals surface area contributed by atoms with E-state index >= 15 is 0 Å². The van der Waals surface area contributed by atoms with Crippen molar-refractivity contribution >= 4 is 0 Å². The summed E-state index contributed by atoms with van der Waals surface area (Å²) in [6, 6.07) is 0.510. The second-order valence-electron chi connectivity index (χ2n) is 4.29. The third-order valence-electron chi connectivity index (χ3n) is 2.44. The number of hydrogen-bond acceptors (Lipinski definition) is 2. The van der Waals surface area contributed by atoms with Crippen LogP contribution < -0.4 is 5.32 Å². The van der Waals surface area contributed by atoms with Crippen molar-refractivity contribution in [1.29, 1.82) is 0 Å². The molecule has 0 aliphatic carbocycles. The fraction of sp³-hybridized carbons (Fsp3) is 1.00. The van der Waals surface area contributed by atoms with Gasteiger partial charge in [-0.25, -0.2) is 0 Å². The molecule has 0 spiro atoms. The van der Waals surface area contributed by atoms with Gasteiger partial charge in [-0.2, -0.15) is 0 Å². The predicted octanol–water partition coefficient (Wildman–Crippen LogP) is 1.89. The Kier molecular flexibility index (Phi) is 4.13. The maximum absolute atomic E-state index is 11.8. The van der Waals surface area contributed by atoms with Gasteiger partial charge in [-0.15, -0.1) is 0 Å². The van der Waals surface area contributed by atoms with Gasteiger partial charge in [0.2, 0.25) is 0 Å². The van der Waals surface area contributed by atoms with Crippen LogP contribution in [0.15, 0.2) is 0 Å². The molecule has 2 nitrogen and oxygen atoms in total. The molecule has 0 aromatic rings. The Labute approximate surface area is 79.8 Å². The highest BCUT2D eigenvalue weighted by atomic mass is 19.1. The number of alkyl halides is 1.